The van der Waals surface area contributed by atoms with Gasteiger partial charge in [-0.25, -0.2) is 24.9 Å². The van der Waals surface area contributed by atoms with Gasteiger partial charge in [0.15, 0.2) is 11.7 Å². The number of hydrogen-bond acceptors (Lipinski definition) is 13. The van der Waals surface area contributed by atoms with Crippen molar-refractivity contribution in [1.82, 2.24) is 73.3 Å². The Hall–Kier alpha value is -10.0. The van der Waals surface area contributed by atoms with Crippen LogP contribution in [0.5, 0.6) is 0 Å². The summed E-state index contributed by atoms with van der Waals surface area (Å²) >= 11 is 2.25. The molecule has 72 heavy (non-hydrogen) atoms. The lowest BCUT2D eigenvalue weighted by Gasteiger charge is -2.05. The quantitative estimate of drug-likeness (QED) is 0.0465. The Morgan fingerprint density at radius 3 is 1.31 bits per heavy atom. The Morgan fingerprint density at radius 2 is 0.944 bits per heavy atom. The second kappa shape index (κ2) is 21.1. The number of nitriles is 1. The van der Waals surface area contributed by atoms with E-state index in [-0.39, 0.29) is 5.84 Å². The summed E-state index contributed by atoms with van der Waals surface area (Å²) in [5.74, 6) is 9.44. The fourth-order valence-corrected chi connectivity index (χ4v) is 7.89. The molecule has 0 bridgehead atoms. The average molecular weight is 1060 g/mol. The van der Waals surface area contributed by atoms with Crippen LogP contribution < -0.4 is 11.6 Å². The molecule has 19 nitrogen and oxygen atoms in total. The van der Waals surface area contributed by atoms with Gasteiger partial charge in [-0.05, 0) is 120 Å². The average Bonchev–Trinajstić information content (AvgIpc) is 4.32. The van der Waals surface area contributed by atoms with Gasteiger partial charge in [0.25, 0.3) is 0 Å². The number of nitrogens with one attached hydrogen (secondary N) is 1. The Kier molecular flexibility index (Phi) is 13.4. The van der Waals surface area contributed by atoms with E-state index >= 15 is 0 Å². The maximum absolute atomic E-state index is 8.72. The Labute approximate surface area is 423 Å². The first-order valence-corrected chi connectivity index (χ1v) is 23.0. The van der Waals surface area contributed by atoms with Gasteiger partial charge in [0.1, 0.15) is 35.7 Å². The minimum Gasteiger partial charge on any atom is -0.382 e. The molecule has 13 aromatic rings. The number of nitrogens with two attached hydrogens (primary N) is 2. The van der Waals surface area contributed by atoms with Crippen LogP contribution in [-0.4, -0.2) is 79.2 Å². The molecular formula is C52H38IN19. The summed E-state index contributed by atoms with van der Waals surface area (Å²) in [7, 11) is 0. The molecule has 5 N–H and O–H groups in total. The number of H-pyrrole nitrogens is 1. The molecule has 0 aliphatic rings. The molecule has 0 saturated heterocycles. The summed E-state index contributed by atoms with van der Waals surface area (Å²) in [6.07, 6.45) is 30.6. The molecule has 348 valence electrons. The van der Waals surface area contributed by atoms with Crippen LogP contribution in [0.4, 0.5) is 0 Å². The molecule has 0 atom stereocenters. The van der Waals surface area contributed by atoms with Gasteiger partial charge in [-0.1, -0.05) is 0 Å². The van der Waals surface area contributed by atoms with Crippen LogP contribution in [0.15, 0.2) is 208 Å². The Balaban J connectivity index is 0.000000111. The van der Waals surface area contributed by atoms with Gasteiger partial charge >= 0.3 is 0 Å². The van der Waals surface area contributed by atoms with E-state index in [1.165, 1.54) is 11.7 Å². The Morgan fingerprint density at radius 1 is 0.500 bits per heavy atom. The van der Waals surface area contributed by atoms with Crippen LogP contribution in [0.3, 0.4) is 0 Å². The number of amidine groups is 1. The highest BCUT2D eigenvalue weighted by Crippen LogP contribution is 2.22. The van der Waals surface area contributed by atoms with E-state index in [2.05, 4.69) is 94.9 Å². The fraction of sp³-hybridized carbons (Fsp3) is 0. The van der Waals surface area contributed by atoms with Gasteiger partial charge in [-0.15, -0.1) is 0 Å². The minimum atomic E-state index is 0.262. The highest BCUT2D eigenvalue weighted by atomic mass is 127. The number of hydrogen-bond donors (Lipinski definition) is 3. The lowest BCUT2D eigenvalue weighted by Crippen LogP contribution is -2.15. The highest BCUT2D eigenvalue weighted by molar-refractivity contribution is 14.1. The number of nitrogens with zero attached hydrogens (tertiary/aromatic N) is 16. The van der Waals surface area contributed by atoms with Crippen LogP contribution in [0.2, 0.25) is 0 Å². The fourth-order valence-electron chi connectivity index (χ4n) is 7.57. The summed E-state index contributed by atoms with van der Waals surface area (Å²) in [5, 5.41) is 23.4. The van der Waals surface area contributed by atoms with E-state index in [4.69, 9.17) is 16.8 Å². The lowest BCUT2D eigenvalue weighted by atomic mass is 10.2. The van der Waals surface area contributed by atoms with E-state index in [1.54, 1.807) is 61.8 Å². The smallest absolute Gasteiger partial charge is 0.156 e. The second-order valence-corrected chi connectivity index (χ2v) is 16.7. The summed E-state index contributed by atoms with van der Waals surface area (Å²) in [5.41, 5.74) is 11.9. The molecule has 0 amide bonds. The summed E-state index contributed by atoms with van der Waals surface area (Å²) in [6, 6.07) is 33.3. The third kappa shape index (κ3) is 9.93. The molecule has 13 heterocycles. The van der Waals surface area contributed by atoms with Crippen LogP contribution in [-0.2, 0) is 0 Å². The van der Waals surface area contributed by atoms with Gasteiger partial charge in [0, 0.05) is 111 Å². The van der Waals surface area contributed by atoms with Crippen molar-refractivity contribution < 1.29 is 0 Å². The molecule has 0 fully saturated rings. The van der Waals surface area contributed by atoms with Crippen molar-refractivity contribution >= 4 is 72.0 Å². The molecule has 13 rings (SSSR count). The van der Waals surface area contributed by atoms with Crippen molar-refractivity contribution in [3.63, 3.8) is 0 Å². The zero-order valence-electron chi connectivity index (χ0n) is 37.7. The topological polar surface area (TPSA) is 253 Å². The van der Waals surface area contributed by atoms with E-state index in [9.17, 15) is 0 Å². The number of aromatic nitrogens is 15. The van der Waals surface area contributed by atoms with E-state index in [0.717, 1.165) is 70.6 Å². The van der Waals surface area contributed by atoms with Gasteiger partial charge in [0.2, 0.25) is 0 Å². The summed E-state index contributed by atoms with van der Waals surface area (Å²) in [4.78, 5) is 38.1. The summed E-state index contributed by atoms with van der Waals surface area (Å²) < 4.78 is 9.09. The highest BCUT2D eigenvalue weighted by Gasteiger charge is 2.09. The maximum atomic E-state index is 8.72. The number of halogens is 1. The number of rotatable bonds is 6. The molecule has 0 aliphatic carbocycles. The summed E-state index contributed by atoms with van der Waals surface area (Å²) in [6.45, 7) is 0. The van der Waals surface area contributed by atoms with E-state index in [0.29, 0.717) is 17.0 Å². The van der Waals surface area contributed by atoms with Crippen molar-refractivity contribution in [1.29, 1.82) is 5.26 Å². The predicted octanol–water partition coefficient (Wildman–Crippen LogP) is 8.52. The molecule has 0 spiro atoms. The molecule has 0 radical (unpaired) electrons. The zero-order chi connectivity index (χ0) is 49.2. The van der Waals surface area contributed by atoms with Gasteiger partial charge in [0.05, 0.1) is 52.4 Å². The minimum absolute atomic E-state index is 0.262. The third-order valence-electron chi connectivity index (χ3n) is 11.2. The predicted molar refractivity (Wildman–Crippen MR) is 283 cm³/mol. The van der Waals surface area contributed by atoms with Crippen molar-refractivity contribution in [3.8, 4) is 40.7 Å². The first kappa shape index (κ1) is 45.8. The molecule has 20 heteroatoms. The SMILES string of the molecule is Ic1ccc(-n2ccc3ccncc32)nc1.N#Cc1ccc(-n2ccc3ccncc32)nc1.NN=C(N)c1ccc(-n2ccc3ccncc32)nc1.c1cc2ccn(-c3ccc(-c4ncn[nH]4)cn3)c2cn1. The Bertz CT molecular complexity index is 3960. The van der Waals surface area contributed by atoms with Gasteiger partial charge < -0.3 is 11.6 Å². The molecule has 0 unspecified atom stereocenters. The monoisotopic (exact) mass is 1060 g/mol. The first-order chi connectivity index (χ1) is 35.4. The van der Waals surface area contributed by atoms with Crippen LogP contribution in [0, 0.1) is 14.9 Å². The van der Waals surface area contributed by atoms with Crippen LogP contribution in [0.1, 0.15) is 11.1 Å². The molecule has 0 aliphatic heterocycles. The first-order valence-electron chi connectivity index (χ1n) is 21.9. The number of fused-ring (bicyclic) bond motifs is 4. The van der Waals surface area contributed by atoms with Crippen LogP contribution in [0.25, 0.3) is 78.3 Å². The number of hydrazone groups is 1. The van der Waals surface area contributed by atoms with Crippen LogP contribution >= 0.6 is 22.6 Å². The van der Waals surface area contributed by atoms with E-state index in [1.807, 2.05) is 147 Å². The second-order valence-electron chi connectivity index (χ2n) is 15.5. The van der Waals surface area contributed by atoms with Crippen molar-refractivity contribution in [2.75, 3.05) is 0 Å². The standard InChI is InChI=1S/C14H10N6.C13H12N6.C13H8N4.C12H8IN3/c1-2-13(16-7-11(1)14-17-9-18-19-14)20-6-4-10-3-5-15-8-12(10)20;14-13(18-15)10-1-2-12(17-7-10)19-6-4-9-3-5-16-8-11(9)19;14-7-10-1-2-13(16-8-10)17-6-4-11-3-5-15-9-12(11)17;13-10-1-2-12(15-7-10)16-6-4-9-3-5-14-8-11(9)16/h1-9H,(H,17,18,19);1-8H,15H2,(H2,14,18);1-6,8-9H;1-8H. The molecule has 0 aromatic carbocycles. The van der Waals surface area contributed by atoms with Crippen molar-refractivity contribution in [3.05, 3.63) is 217 Å². The lowest BCUT2D eigenvalue weighted by molar-refractivity contribution is 1.04. The third-order valence-corrected chi connectivity index (χ3v) is 11.8. The van der Waals surface area contributed by atoms with Gasteiger partial charge in [-0.2, -0.15) is 15.5 Å². The number of pyridine rings is 8. The number of aromatic amines is 1. The molecular weight excluding hydrogens is 1020 g/mol. The van der Waals surface area contributed by atoms with Crippen molar-refractivity contribution in [2.24, 2.45) is 16.7 Å². The molecule has 13 aromatic heterocycles. The normalized spacial score (nSPS) is 11.0. The zero-order valence-corrected chi connectivity index (χ0v) is 39.9. The van der Waals surface area contributed by atoms with Crippen molar-refractivity contribution in [2.45, 2.75) is 0 Å². The van der Waals surface area contributed by atoms with Gasteiger partial charge in [-0.3, -0.25) is 43.3 Å². The largest absolute Gasteiger partial charge is 0.382 e. The maximum Gasteiger partial charge on any atom is 0.156 e. The van der Waals surface area contributed by atoms with E-state index < -0.39 is 0 Å². The molecule has 0 saturated carbocycles.